The molecule has 46 heavy (non-hydrogen) atoms. The molecule has 1 aliphatic carbocycles. The second-order valence-electron chi connectivity index (χ2n) is 13.9. The third-order valence-corrected chi connectivity index (χ3v) is 10.0. The number of allylic oxidation sites excluding steroid dienone is 7. The fraction of sp³-hybridized carbons (Fsp3) is 0.435. The fourth-order valence-corrected chi connectivity index (χ4v) is 6.93. The number of hydrogen-bond donors (Lipinski definition) is 0. The molecule has 0 heteroatoms. The second-order valence-corrected chi connectivity index (χ2v) is 13.9. The van der Waals surface area contributed by atoms with Gasteiger partial charge in [-0.1, -0.05) is 149 Å². The summed E-state index contributed by atoms with van der Waals surface area (Å²) in [5.74, 6) is 1.76. The molecule has 0 saturated heterocycles. The summed E-state index contributed by atoms with van der Waals surface area (Å²) in [5, 5.41) is 0. The number of unbranched alkanes of at least 4 members (excludes halogenated alkanes) is 2. The van der Waals surface area contributed by atoms with Crippen LogP contribution in [0, 0.1) is 18.8 Å². The molecular formula is C46H60. The molecule has 244 valence electrons. The molecule has 0 nitrogen and oxygen atoms in total. The number of aryl methyl sites for hydroxylation is 4. The summed E-state index contributed by atoms with van der Waals surface area (Å²) < 4.78 is 0. The maximum Gasteiger partial charge on any atom is -0.000782 e. The van der Waals surface area contributed by atoms with Crippen molar-refractivity contribution in [3.05, 3.63) is 149 Å². The Bertz CT molecular complexity index is 1410. The van der Waals surface area contributed by atoms with Gasteiger partial charge in [-0.25, -0.2) is 0 Å². The summed E-state index contributed by atoms with van der Waals surface area (Å²) in [6.45, 7) is 13.7. The second kappa shape index (κ2) is 19.3. The minimum Gasteiger partial charge on any atom is -0.0950 e. The van der Waals surface area contributed by atoms with Crippen molar-refractivity contribution in [2.75, 3.05) is 0 Å². The Morgan fingerprint density at radius 3 is 2.11 bits per heavy atom. The van der Waals surface area contributed by atoms with E-state index in [0.717, 1.165) is 12.8 Å². The molecule has 0 fully saturated rings. The molecule has 0 N–H and O–H groups in total. The van der Waals surface area contributed by atoms with Gasteiger partial charge < -0.3 is 0 Å². The first-order valence-corrected chi connectivity index (χ1v) is 18.4. The zero-order valence-electron chi connectivity index (χ0n) is 29.4. The maximum absolute atomic E-state index is 4.60. The van der Waals surface area contributed by atoms with Crippen molar-refractivity contribution >= 4 is 5.57 Å². The van der Waals surface area contributed by atoms with E-state index in [-0.39, 0.29) is 0 Å². The maximum atomic E-state index is 4.60. The molecule has 0 bridgehead atoms. The van der Waals surface area contributed by atoms with E-state index in [9.17, 15) is 0 Å². The molecule has 3 aromatic carbocycles. The van der Waals surface area contributed by atoms with Crippen LogP contribution in [0.3, 0.4) is 0 Å². The standard InChI is InChI=1S/C46H60/c1-6-15-44(22-12-11-19-40-28-30-43(31-29-40)21-14-20-42-26-24-36(2)25-27-42)39(5)45-34-32-41(33-35-45)18-9-7-8-16-37(3)46-23-13-10-17-38(46)4/h8,10,13,16-17,23-24,26-37,44H,5-7,9,11-12,14-15,18-22,25H2,1-4H3. The van der Waals surface area contributed by atoms with E-state index in [1.165, 1.54) is 115 Å². The number of benzene rings is 3. The lowest BCUT2D eigenvalue weighted by atomic mass is 9.85. The molecule has 1 aliphatic rings. The van der Waals surface area contributed by atoms with Crippen molar-refractivity contribution in [2.24, 2.45) is 11.8 Å². The van der Waals surface area contributed by atoms with Crippen LogP contribution in [-0.4, -0.2) is 0 Å². The Morgan fingerprint density at radius 1 is 0.804 bits per heavy atom. The number of hydrogen-bond acceptors (Lipinski definition) is 0. The van der Waals surface area contributed by atoms with Crippen LogP contribution in [-0.2, 0) is 19.3 Å². The Balaban J connectivity index is 1.14. The van der Waals surface area contributed by atoms with Gasteiger partial charge >= 0.3 is 0 Å². The van der Waals surface area contributed by atoms with Gasteiger partial charge in [0.1, 0.15) is 0 Å². The van der Waals surface area contributed by atoms with E-state index in [2.05, 4.69) is 137 Å². The molecule has 0 aromatic heterocycles. The van der Waals surface area contributed by atoms with Crippen molar-refractivity contribution in [1.82, 2.24) is 0 Å². The molecule has 3 aromatic rings. The van der Waals surface area contributed by atoms with Gasteiger partial charge in [0, 0.05) is 0 Å². The molecule has 0 radical (unpaired) electrons. The molecule has 0 saturated carbocycles. The van der Waals surface area contributed by atoms with E-state index in [1.807, 2.05) is 0 Å². The first kappa shape index (κ1) is 35.5. The van der Waals surface area contributed by atoms with E-state index in [0.29, 0.717) is 17.8 Å². The first-order chi connectivity index (χ1) is 22.4. The third-order valence-electron chi connectivity index (χ3n) is 10.0. The van der Waals surface area contributed by atoms with Crippen LogP contribution < -0.4 is 0 Å². The van der Waals surface area contributed by atoms with E-state index in [1.54, 1.807) is 0 Å². The van der Waals surface area contributed by atoms with Crippen LogP contribution in [0.25, 0.3) is 5.57 Å². The molecule has 3 atom stereocenters. The zero-order valence-corrected chi connectivity index (χ0v) is 29.4. The minimum absolute atomic E-state index is 0.473. The van der Waals surface area contributed by atoms with Crippen LogP contribution in [0.15, 0.2) is 115 Å². The van der Waals surface area contributed by atoms with Crippen LogP contribution in [0.5, 0.6) is 0 Å². The highest BCUT2D eigenvalue weighted by molar-refractivity contribution is 5.65. The third kappa shape index (κ3) is 11.8. The van der Waals surface area contributed by atoms with Crippen LogP contribution >= 0.6 is 0 Å². The van der Waals surface area contributed by atoms with Crippen molar-refractivity contribution < 1.29 is 0 Å². The van der Waals surface area contributed by atoms with Crippen molar-refractivity contribution in [3.8, 4) is 0 Å². The zero-order chi connectivity index (χ0) is 32.6. The molecule has 0 amide bonds. The summed E-state index contributed by atoms with van der Waals surface area (Å²) in [5.41, 5.74) is 11.4. The van der Waals surface area contributed by atoms with E-state index in [4.69, 9.17) is 0 Å². The predicted molar refractivity (Wildman–Crippen MR) is 203 cm³/mol. The summed E-state index contributed by atoms with van der Waals surface area (Å²) >= 11 is 0. The Kier molecular flexibility index (Phi) is 14.9. The van der Waals surface area contributed by atoms with Gasteiger partial charge in [-0.05, 0) is 134 Å². The molecule has 0 spiro atoms. The van der Waals surface area contributed by atoms with Crippen LogP contribution in [0.1, 0.15) is 124 Å². The van der Waals surface area contributed by atoms with Gasteiger partial charge in [-0.15, -0.1) is 0 Å². The summed E-state index contributed by atoms with van der Waals surface area (Å²) in [4.78, 5) is 0. The normalized spacial score (nSPS) is 16.0. The van der Waals surface area contributed by atoms with Gasteiger partial charge in [-0.2, -0.15) is 0 Å². The van der Waals surface area contributed by atoms with E-state index < -0.39 is 0 Å². The minimum atomic E-state index is 0.473. The molecule has 3 unspecified atom stereocenters. The number of rotatable bonds is 19. The lowest BCUT2D eigenvalue weighted by Gasteiger charge is -2.20. The lowest BCUT2D eigenvalue weighted by molar-refractivity contribution is 0.517. The Hall–Kier alpha value is -3.38. The van der Waals surface area contributed by atoms with Gasteiger partial charge in [0.15, 0.2) is 0 Å². The summed E-state index contributed by atoms with van der Waals surface area (Å²) in [7, 11) is 0. The smallest absolute Gasteiger partial charge is 0.000782 e. The lowest BCUT2D eigenvalue weighted by Crippen LogP contribution is -2.04. The van der Waals surface area contributed by atoms with Crippen molar-refractivity contribution in [1.29, 1.82) is 0 Å². The highest BCUT2D eigenvalue weighted by Crippen LogP contribution is 2.31. The topological polar surface area (TPSA) is 0 Å². The average Bonchev–Trinajstić information content (AvgIpc) is 3.07. The Morgan fingerprint density at radius 2 is 1.46 bits per heavy atom. The summed E-state index contributed by atoms with van der Waals surface area (Å²) in [6, 6.07) is 27.5. The highest BCUT2D eigenvalue weighted by atomic mass is 14.2. The van der Waals surface area contributed by atoms with Crippen LogP contribution in [0.2, 0.25) is 0 Å². The molecule has 0 heterocycles. The van der Waals surface area contributed by atoms with Gasteiger partial charge in [-0.3, -0.25) is 0 Å². The fourth-order valence-electron chi connectivity index (χ4n) is 6.93. The monoisotopic (exact) mass is 612 g/mol. The van der Waals surface area contributed by atoms with Gasteiger partial charge in [0.25, 0.3) is 0 Å². The van der Waals surface area contributed by atoms with E-state index >= 15 is 0 Å². The first-order valence-electron chi connectivity index (χ1n) is 18.4. The van der Waals surface area contributed by atoms with Gasteiger partial charge in [0.2, 0.25) is 0 Å². The Labute approximate surface area is 282 Å². The van der Waals surface area contributed by atoms with Crippen molar-refractivity contribution in [2.45, 2.75) is 117 Å². The molecule has 0 aliphatic heterocycles. The molecular weight excluding hydrogens is 553 g/mol. The van der Waals surface area contributed by atoms with Crippen LogP contribution in [0.4, 0.5) is 0 Å². The highest BCUT2D eigenvalue weighted by Gasteiger charge is 2.14. The largest absolute Gasteiger partial charge is 0.0950 e. The van der Waals surface area contributed by atoms with Crippen molar-refractivity contribution in [3.63, 3.8) is 0 Å². The molecule has 4 rings (SSSR count). The predicted octanol–water partition coefficient (Wildman–Crippen LogP) is 13.4. The van der Waals surface area contributed by atoms with Gasteiger partial charge in [0.05, 0.1) is 0 Å². The SMILES string of the molecule is C=C(c1ccc(CCCC=CC(C)c2ccccc2C)cc1)C(CCC)CCCCc1ccc(CCCC2=CCC(C)C=C2)cc1. The summed E-state index contributed by atoms with van der Waals surface area (Å²) in [6.07, 6.45) is 27.5. The quantitative estimate of drug-likeness (QED) is 0.0933. The average molecular weight is 613 g/mol.